The number of hydrogen-bond donors (Lipinski definition) is 1. The Hall–Kier alpha value is -0.610. The minimum Gasteiger partial charge on any atom is -0.367 e. The number of piperidine rings is 1. The second kappa shape index (κ2) is 5.98. The number of ether oxygens (including phenoxy) is 1. The van der Waals surface area contributed by atoms with Crippen LogP contribution in [0.25, 0.3) is 0 Å². The molecule has 0 aromatic rings. The van der Waals surface area contributed by atoms with E-state index in [4.69, 9.17) is 4.74 Å². The highest BCUT2D eigenvalue weighted by atomic mass is 16.5. The van der Waals surface area contributed by atoms with Gasteiger partial charge in [0.05, 0.1) is 6.10 Å². The number of nitrogens with zero attached hydrogens (tertiary/aromatic N) is 1. The predicted molar refractivity (Wildman–Crippen MR) is 55.2 cm³/mol. The maximum Gasteiger partial charge on any atom is 0.248 e. The van der Waals surface area contributed by atoms with Crippen LogP contribution in [0.15, 0.2) is 0 Å². The Morgan fingerprint density at radius 1 is 1.64 bits per heavy atom. The fourth-order valence-corrected chi connectivity index (χ4v) is 1.44. The van der Waals surface area contributed by atoms with Gasteiger partial charge in [0.25, 0.3) is 0 Å². The molecule has 1 aliphatic heterocycles. The lowest BCUT2D eigenvalue weighted by atomic mass is 10.1. The lowest BCUT2D eigenvalue weighted by Crippen LogP contribution is -2.38. The van der Waals surface area contributed by atoms with Crippen LogP contribution in [0.2, 0.25) is 0 Å². The Morgan fingerprint density at radius 3 is 3.00 bits per heavy atom. The summed E-state index contributed by atoms with van der Waals surface area (Å²) in [5.74, 6) is 0.0677. The molecule has 0 unspecified atom stereocenters. The van der Waals surface area contributed by atoms with Crippen LogP contribution in [0.4, 0.5) is 0 Å². The first-order valence-electron chi connectivity index (χ1n) is 5.30. The highest BCUT2D eigenvalue weighted by Gasteiger charge is 2.15. The van der Waals surface area contributed by atoms with Crippen LogP contribution in [-0.2, 0) is 9.53 Å². The summed E-state index contributed by atoms with van der Waals surface area (Å²) in [5, 5.41) is 3.25. The molecular weight excluding hydrogens is 180 g/mol. The predicted octanol–water partition coefficient (Wildman–Crippen LogP) is 0.233. The smallest absolute Gasteiger partial charge is 0.248 e. The highest BCUT2D eigenvalue weighted by molar-refractivity contribution is 5.77. The summed E-state index contributed by atoms with van der Waals surface area (Å²) in [6.07, 6.45) is 2.43. The summed E-state index contributed by atoms with van der Waals surface area (Å²) in [5.41, 5.74) is 0. The third-order valence-corrected chi connectivity index (χ3v) is 2.59. The fourth-order valence-electron chi connectivity index (χ4n) is 1.44. The van der Waals surface area contributed by atoms with Crippen molar-refractivity contribution in [3.63, 3.8) is 0 Å². The molecule has 4 heteroatoms. The summed E-state index contributed by atoms with van der Waals surface area (Å²) < 4.78 is 5.51. The van der Waals surface area contributed by atoms with Crippen LogP contribution >= 0.6 is 0 Å². The van der Waals surface area contributed by atoms with Crippen LogP contribution in [0.3, 0.4) is 0 Å². The van der Waals surface area contributed by atoms with Crippen molar-refractivity contribution in [3.05, 3.63) is 0 Å². The van der Waals surface area contributed by atoms with Crippen molar-refractivity contribution in [3.8, 4) is 0 Å². The minimum atomic E-state index is 0.0677. The number of carbonyl (C=O) groups is 1. The molecule has 1 atom stereocenters. The van der Waals surface area contributed by atoms with E-state index in [-0.39, 0.29) is 18.6 Å². The average molecular weight is 200 g/mol. The van der Waals surface area contributed by atoms with Crippen molar-refractivity contribution in [2.45, 2.75) is 25.9 Å². The van der Waals surface area contributed by atoms with Crippen molar-refractivity contribution in [2.24, 2.45) is 0 Å². The molecule has 0 aromatic carbocycles. The molecule has 0 bridgehead atoms. The number of nitrogens with one attached hydrogen (secondary N) is 1. The molecule has 0 aliphatic carbocycles. The first kappa shape index (κ1) is 11.5. The van der Waals surface area contributed by atoms with E-state index < -0.39 is 0 Å². The van der Waals surface area contributed by atoms with E-state index >= 15 is 0 Å². The topological polar surface area (TPSA) is 41.6 Å². The lowest BCUT2D eigenvalue weighted by Gasteiger charge is -2.24. The number of rotatable bonds is 4. The van der Waals surface area contributed by atoms with E-state index in [1.807, 2.05) is 6.92 Å². The molecule has 4 nitrogen and oxygen atoms in total. The molecule has 82 valence electrons. The molecule has 1 fully saturated rings. The molecule has 0 saturated carbocycles. The largest absolute Gasteiger partial charge is 0.367 e. The summed E-state index contributed by atoms with van der Waals surface area (Å²) in [6, 6.07) is 0. The van der Waals surface area contributed by atoms with Gasteiger partial charge in [-0.15, -0.1) is 0 Å². The zero-order chi connectivity index (χ0) is 10.4. The van der Waals surface area contributed by atoms with E-state index in [1.165, 1.54) is 0 Å². The summed E-state index contributed by atoms with van der Waals surface area (Å²) >= 11 is 0. The zero-order valence-electron chi connectivity index (χ0n) is 9.08. The molecule has 1 saturated heterocycles. The van der Waals surface area contributed by atoms with E-state index in [2.05, 4.69) is 5.32 Å². The first-order valence-corrected chi connectivity index (χ1v) is 5.30. The van der Waals surface area contributed by atoms with Gasteiger partial charge in [-0.2, -0.15) is 0 Å². The van der Waals surface area contributed by atoms with Gasteiger partial charge in [-0.1, -0.05) is 0 Å². The van der Waals surface area contributed by atoms with Gasteiger partial charge in [-0.05, 0) is 26.3 Å². The number of amides is 1. The molecule has 1 amide bonds. The maximum absolute atomic E-state index is 11.4. The highest BCUT2D eigenvalue weighted by Crippen LogP contribution is 2.05. The molecule has 0 radical (unpaired) electrons. The van der Waals surface area contributed by atoms with Gasteiger partial charge >= 0.3 is 0 Å². The van der Waals surface area contributed by atoms with Gasteiger partial charge in [-0.25, -0.2) is 0 Å². The molecule has 1 heterocycles. The van der Waals surface area contributed by atoms with Crippen molar-refractivity contribution >= 4 is 5.91 Å². The molecule has 0 aromatic heterocycles. The van der Waals surface area contributed by atoms with Crippen LogP contribution in [0.5, 0.6) is 0 Å². The van der Waals surface area contributed by atoms with Gasteiger partial charge < -0.3 is 15.0 Å². The van der Waals surface area contributed by atoms with Gasteiger partial charge in [0.15, 0.2) is 0 Å². The molecular formula is C10H20N2O2. The number of likely N-dealkylation sites (N-methyl/N-ethyl adjacent to an activating group) is 1. The third-order valence-electron chi connectivity index (χ3n) is 2.59. The molecule has 1 aliphatic rings. The zero-order valence-corrected chi connectivity index (χ0v) is 9.08. The first-order chi connectivity index (χ1) is 6.74. The molecule has 1 rings (SSSR count). The Kier molecular flexibility index (Phi) is 4.90. The Balaban J connectivity index is 2.15. The van der Waals surface area contributed by atoms with Crippen LogP contribution in [0.1, 0.15) is 19.8 Å². The van der Waals surface area contributed by atoms with Crippen molar-refractivity contribution in [1.82, 2.24) is 10.2 Å². The van der Waals surface area contributed by atoms with E-state index in [0.29, 0.717) is 0 Å². The average Bonchev–Trinajstić information content (AvgIpc) is 2.26. The molecule has 0 spiro atoms. The number of carbonyl (C=O) groups excluding carboxylic acids is 1. The fraction of sp³-hybridized carbons (Fsp3) is 0.900. The second-order valence-electron chi connectivity index (χ2n) is 3.69. The van der Waals surface area contributed by atoms with Gasteiger partial charge in [0, 0.05) is 20.1 Å². The minimum absolute atomic E-state index is 0.0677. The summed E-state index contributed by atoms with van der Waals surface area (Å²) in [4.78, 5) is 13.1. The van der Waals surface area contributed by atoms with Crippen LogP contribution in [-0.4, -0.2) is 50.2 Å². The van der Waals surface area contributed by atoms with Gasteiger partial charge in [-0.3, -0.25) is 4.79 Å². The quantitative estimate of drug-likeness (QED) is 0.706. The van der Waals surface area contributed by atoms with E-state index in [1.54, 1.807) is 11.9 Å². The monoisotopic (exact) mass is 200 g/mol. The second-order valence-corrected chi connectivity index (χ2v) is 3.69. The molecule has 1 N–H and O–H groups in total. The van der Waals surface area contributed by atoms with E-state index in [0.717, 1.165) is 32.5 Å². The van der Waals surface area contributed by atoms with Crippen molar-refractivity contribution in [1.29, 1.82) is 0 Å². The van der Waals surface area contributed by atoms with E-state index in [9.17, 15) is 4.79 Å². The van der Waals surface area contributed by atoms with Gasteiger partial charge in [0.1, 0.15) is 6.61 Å². The Morgan fingerprint density at radius 2 is 2.43 bits per heavy atom. The van der Waals surface area contributed by atoms with Crippen LogP contribution < -0.4 is 5.32 Å². The number of hydrogen-bond acceptors (Lipinski definition) is 3. The lowest BCUT2D eigenvalue weighted by molar-refractivity contribution is -0.137. The summed E-state index contributed by atoms with van der Waals surface area (Å²) in [7, 11) is 1.80. The standard InChI is InChI=1S/C10H20N2O2/c1-3-12(2)10(13)8-14-9-5-4-6-11-7-9/h9,11H,3-8H2,1-2H3/t9-/m1/s1. The van der Waals surface area contributed by atoms with Crippen LogP contribution in [0, 0.1) is 0 Å². The Bertz CT molecular complexity index is 179. The van der Waals surface area contributed by atoms with Crippen molar-refractivity contribution < 1.29 is 9.53 Å². The maximum atomic E-state index is 11.4. The third kappa shape index (κ3) is 3.64. The summed E-state index contributed by atoms with van der Waals surface area (Å²) in [6.45, 7) is 4.87. The van der Waals surface area contributed by atoms with Gasteiger partial charge in [0.2, 0.25) is 5.91 Å². The van der Waals surface area contributed by atoms with Crippen molar-refractivity contribution in [2.75, 3.05) is 33.3 Å². The normalized spacial score (nSPS) is 22.0. The molecule has 14 heavy (non-hydrogen) atoms. The SMILES string of the molecule is CCN(C)C(=O)CO[C@@H]1CCCNC1. The Labute approximate surface area is 85.6 Å².